The zero-order valence-electron chi connectivity index (χ0n) is 10.5. The minimum absolute atomic E-state index is 0.256. The highest BCUT2D eigenvalue weighted by atomic mass is 16.4. The molecule has 17 heavy (non-hydrogen) atoms. The highest BCUT2D eigenvalue weighted by Gasteiger charge is 2.33. The average Bonchev–Trinajstić information content (AvgIpc) is 2.72. The molecule has 0 aliphatic carbocycles. The average molecular weight is 243 g/mol. The second-order valence-corrected chi connectivity index (χ2v) is 4.58. The number of urea groups is 1. The van der Waals surface area contributed by atoms with Crippen LogP contribution in [0.4, 0.5) is 4.79 Å². The van der Waals surface area contributed by atoms with E-state index < -0.39 is 12.0 Å². The van der Waals surface area contributed by atoms with Crippen LogP contribution in [0.25, 0.3) is 0 Å². The van der Waals surface area contributed by atoms with Crippen LogP contribution in [0.3, 0.4) is 0 Å². The standard InChI is InChI=1S/C11H21N3O3/c1-13(2)7-4-6-12-11(17)14-8-3-5-9(14)10(15)16/h9H,3-8H2,1-2H3,(H,12,17)(H,15,16)/t9-/m1/s1. The van der Waals surface area contributed by atoms with Gasteiger partial charge in [0.1, 0.15) is 6.04 Å². The number of hydrogen-bond acceptors (Lipinski definition) is 3. The number of aliphatic carboxylic acids is 1. The van der Waals surface area contributed by atoms with Gasteiger partial charge in [-0.05, 0) is 39.9 Å². The topological polar surface area (TPSA) is 72.9 Å². The Kier molecular flexibility index (Phi) is 5.21. The van der Waals surface area contributed by atoms with Crippen molar-refractivity contribution < 1.29 is 14.7 Å². The summed E-state index contributed by atoms with van der Waals surface area (Å²) in [5, 5.41) is 11.7. The highest BCUT2D eigenvalue weighted by molar-refractivity contribution is 5.83. The van der Waals surface area contributed by atoms with Crippen molar-refractivity contribution in [2.45, 2.75) is 25.3 Å². The molecule has 2 amide bonds. The lowest BCUT2D eigenvalue weighted by Gasteiger charge is -2.22. The number of rotatable bonds is 5. The summed E-state index contributed by atoms with van der Waals surface area (Å²) in [6.45, 7) is 2.03. The van der Waals surface area contributed by atoms with E-state index in [2.05, 4.69) is 5.32 Å². The van der Waals surface area contributed by atoms with Gasteiger partial charge in [-0.3, -0.25) is 0 Å². The molecule has 0 spiro atoms. The molecule has 1 rings (SSSR count). The second-order valence-electron chi connectivity index (χ2n) is 4.58. The molecule has 2 N–H and O–H groups in total. The van der Waals surface area contributed by atoms with Crippen LogP contribution < -0.4 is 5.32 Å². The largest absolute Gasteiger partial charge is 0.480 e. The van der Waals surface area contributed by atoms with Crippen LogP contribution in [-0.2, 0) is 4.79 Å². The molecule has 1 heterocycles. The molecule has 6 heteroatoms. The first kappa shape index (κ1) is 13.8. The van der Waals surface area contributed by atoms with Gasteiger partial charge in [-0.2, -0.15) is 0 Å². The number of amides is 2. The van der Waals surface area contributed by atoms with Crippen LogP contribution in [0.2, 0.25) is 0 Å². The van der Waals surface area contributed by atoms with Crippen molar-refractivity contribution in [3.05, 3.63) is 0 Å². The van der Waals surface area contributed by atoms with Gasteiger partial charge in [0.15, 0.2) is 0 Å². The van der Waals surface area contributed by atoms with Gasteiger partial charge in [0.05, 0.1) is 0 Å². The fourth-order valence-electron chi connectivity index (χ4n) is 1.96. The first-order valence-corrected chi connectivity index (χ1v) is 5.94. The van der Waals surface area contributed by atoms with Gasteiger partial charge in [-0.15, -0.1) is 0 Å². The number of hydrogen-bond donors (Lipinski definition) is 2. The van der Waals surface area contributed by atoms with Crippen molar-refractivity contribution in [2.75, 3.05) is 33.7 Å². The maximum absolute atomic E-state index is 11.7. The Morgan fingerprint density at radius 3 is 2.76 bits per heavy atom. The predicted molar refractivity (Wildman–Crippen MR) is 63.9 cm³/mol. The van der Waals surface area contributed by atoms with E-state index in [0.717, 1.165) is 19.4 Å². The molecule has 6 nitrogen and oxygen atoms in total. The SMILES string of the molecule is CN(C)CCCNC(=O)N1CCC[C@@H]1C(=O)O. The molecule has 0 aromatic carbocycles. The molecule has 1 aliphatic rings. The molecule has 0 radical (unpaired) electrons. The van der Waals surface area contributed by atoms with Gasteiger partial charge >= 0.3 is 12.0 Å². The molecule has 98 valence electrons. The van der Waals surface area contributed by atoms with E-state index in [1.807, 2.05) is 19.0 Å². The van der Waals surface area contributed by atoms with Crippen LogP contribution in [0, 0.1) is 0 Å². The van der Waals surface area contributed by atoms with Gasteiger partial charge in [0.2, 0.25) is 0 Å². The van der Waals surface area contributed by atoms with Crippen LogP contribution >= 0.6 is 0 Å². The Labute approximate surface area is 102 Å². The number of carbonyl (C=O) groups is 2. The van der Waals surface area contributed by atoms with E-state index >= 15 is 0 Å². The zero-order chi connectivity index (χ0) is 12.8. The summed E-state index contributed by atoms with van der Waals surface area (Å²) in [6.07, 6.45) is 2.19. The normalized spacial score (nSPS) is 19.7. The number of nitrogens with one attached hydrogen (secondary N) is 1. The first-order chi connectivity index (χ1) is 8.02. The minimum atomic E-state index is -0.911. The first-order valence-electron chi connectivity index (χ1n) is 5.94. The maximum atomic E-state index is 11.7. The number of nitrogens with zero attached hydrogens (tertiary/aromatic N) is 2. The van der Waals surface area contributed by atoms with Crippen LogP contribution in [-0.4, -0.2) is 66.7 Å². The molecular weight excluding hydrogens is 222 g/mol. The fraction of sp³-hybridized carbons (Fsp3) is 0.818. The lowest BCUT2D eigenvalue weighted by Crippen LogP contribution is -2.46. The van der Waals surface area contributed by atoms with Crippen molar-refractivity contribution in [1.29, 1.82) is 0 Å². The van der Waals surface area contributed by atoms with Crippen LogP contribution in [0.15, 0.2) is 0 Å². The second kappa shape index (κ2) is 6.44. The Balaban J connectivity index is 2.29. The smallest absolute Gasteiger partial charge is 0.326 e. The Hall–Kier alpha value is -1.30. The van der Waals surface area contributed by atoms with Crippen LogP contribution in [0.1, 0.15) is 19.3 Å². The third kappa shape index (κ3) is 4.22. The van der Waals surface area contributed by atoms with Crippen LogP contribution in [0.5, 0.6) is 0 Å². The summed E-state index contributed by atoms with van der Waals surface area (Å²) in [6, 6.07) is -0.905. The zero-order valence-corrected chi connectivity index (χ0v) is 10.5. The molecule has 0 unspecified atom stereocenters. The van der Waals surface area contributed by atoms with Gasteiger partial charge < -0.3 is 20.2 Å². The van der Waals surface area contributed by atoms with Crippen molar-refractivity contribution in [3.8, 4) is 0 Å². The van der Waals surface area contributed by atoms with Gasteiger partial charge in [-0.25, -0.2) is 9.59 Å². The molecule has 1 saturated heterocycles. The molecule has 0 bridgehead atoms. The Morgan fingerprint density at radius 1 is 1.47 bits per heavy atom. The van der Waals surface area contributed by atoms with Crippen molar-refractivity contribution in [3.63, 3.8) is 0 Å². The molecular formula is C11H21N3O3. The minimum Gasteiger partial charge on any atom is -0.480 e. The lowest BCUT2D eigenvalue weighted by molar-refractivity contribution is -0.141. The van der Waals surface area contributed by atoms with Crippen molar-refractivity contribution >= 4 is 12.0 Å². The number of likely N-dealkylation sites (tertiary alicyclic amines) is 1. The van der Waals surface area contributed by atoms with Gasteiger partial charge in [0.25, 0.3) is 0 Å². The van der Waals surface area contributed by atoms with E-state index in [0.29, 0.717) is 19.5 Å². The molecule has 0 aromatic rings. The Morgan fingerprint density at radius 2 is 2.18 bits per heavy atom. The molecule has 1 aliphatic heterocycles. The number of carboxylic acids is 1. The lowest BCUT2D eigenvalue weighted by atomic mass is 10.2. The summed E-state index contributed by atoms with van der Waals surface area (Å²) in [5.74, 6) is -0.911. The molecule has 0 saturated carbocycles. The maximum Gasteiger partial charge on any atom is 0.326 e. The van der Waals surface area contributed by atoms with E-state index in [4.69, 9.17) is 5.11 Å². The van der Waals surface area contributed by atoms with E-state index in [1.165, 1.54) is 4.90 Å². The fourth-order valence-corrected chi connectivity index (χ4v) is 1.96. The van der Waals surface area contributed by atoms with E-state index in [-0.39, 0.29) is 6.03 Å². The third-order valence-corrected chi connectivity index (χ3v) is 2.86. The number of carbonyl (C=O) groups excluding carboxylic acids is 1. The number of carboxylic acid groups (broad SMARTS) is 1. The molecule has 1 fully saturated rings. The predicted octanol–water partition coefficient (Wildman–Crippen LogP) is 0.197. The van der Waals surface area contributed by atoms with E-state index in [1.54, 1.807) is 0 Å². The van der Waals surface area contributed by atoms with E-state index in [9.17, 15) is 9.59 Å². The molecule has 0 aromatic heterocycles. The quantitative estimate of drug-likeness (QED) is 0.676. The highest BCUT2D eigenvalue weighted by Crippen LogP contribution is 2.17. The van der Waals surface area contributed by atoms with Gasteiger partial charge in [-0.1, -0.05) is 0 Å². The van der Waals surface area contributed by atoms with Crippen molar-refractivity contribution in [2.24, 2.45) is 0 Å². The Bertz CT molecular complexity index is 281. The summed E-state index contributed by atoms with van der Waals surface area (Å²) in [7, 11) is 3.95. The summed E-state index contributed by atoms with van der Waals surface area (Å²) in [4.78, 5) is 26.1. The third-order valence-electron chi connectivity index (χ3n) is 2.86. The van der Waals surface area contributed by atoms with Crippen molar-refractivity contribution in [1.82, 2.24) is 15.1 Å². The summed E-state index contributed by atoms with van der Waals surface area (Å²) in [5.41, 5.74) is 0. The summed E-state index contributed by atoms with van der Waals surface area (Å²) < 4.78 is 0. The summed E-state index contributed by atoms with van der Waals surface area (Å²) >= 11 is 0. The van der Waals surface area contributed by atoms with Gasteiger partial charge in [0, 0.05) is 13.1 Å². The molecule has 1 atom stereocenters. The monoisotopic (exact) mass is 243 g/mol.